The first-order valence-electron chi connectivity index (χ1n) is 5.30. The zero-order chi connectivity index (χ0) is 11.0. The number of unbranched alkanes of at least 4 members (excludes halogenated alkanes) is 2. The molecule has 0 saturated heterocycles. The van der Waals surface area contributed by atoms with E-state index < -0.39 is 0 Å². The van der Waals surface area contributed by atoms with Crippen LogP contribution in [-0.4, -0.2) is 38.6 Å². The molecule has 0 heterocycles. The molecule has 3 nitrogen and oxygen atoms in total. The van der Waals surface area contributed by atoms with Crippen molar-refractivity contribution in [2.45, 2.75) is 32.6 Å². The fourth-order valence-electron chi connectivity index (χ4n) is 1.37. The highest BCUT2D eigenvalue weighted by Crippen LogP contribution is 2.10. The van der Waals surface area contributed by atoms with Gasteiger partial charge in [-0.1, -0.05) is 19.8 Å². The number of carbonyl (C=O) groups excluding carboxylic acids is 1. The standard InChI is InChI=1S/C11H23NO2/c1-10(11(13)14-4)8-6-5-7-9-12(2)3/h10H,5-9H2,1-4H3/t10-/m1/s1. The summed E-state index contributed by atoms with van der Waals surface area (Å²) in [5, 5.41) is 0. The Hall–Kier alpha value is -0.570. The van der Waals surface area contributed by atoms with Crippen molar-refractivity contribution in [3.05, 3.63) is 0 Å². The average molecular weight is 201 g/mol. The molecule has 0 fully saturated rings. The average Bonchev–Trinajstić information content (AvgIpc) is 2.15. The molecule has 0 aliphatic carbocycles. The molecule has 0 saturated carbocycles. The minimum Gasteiger partial charge on any atom is -0.469 e. The molecule has 0 aromatic rings. The molecule has 0 aliphatic heterocycles. The predicted octanol–water partition coefficient (Wildman–Crippen LogP) is 1.92. The van der Waals surface area contributed by atoms with Gasteiger partial charge in [0.15, 0.2) is 0 Å². The summed E-state index contributed by atoms with van der Waals surface area (Å²) in [5.74, 6) is -0.0306. The van der Waals surface area contributed by atoms with E-state index in [2.05, 4.69) is 23.7 Å². The van der Waals surface area contributed by atoms with Gasteiger partial charge in [0.05, 0.1) is 13.0 Å². The van der Waals surface area contributed by atoms with E-state index in [1.54, 1.807) is 0 Å². The molecular formula is C11H23NO2. The van der Waals surface area contributed by atoms with E-state index in [4.69, 9.17) is 0 Å². The fourth-order valence-corrected chi connectivity index (χ4v) is 1.37. The van der Waals surface area contributed by atoms with Gasteiger partial charge in [0, 0.05) is 0 Å². The number of hydrogen-bond donors (Lipinski definition) is 0. The quantitative estimate of drug-likeness (QED) is 0.465. The van der Waals surface area contributed by atoms with E-state index in [1.165, 1.54) is 20.0 Å². The highest BCUT2D eigenvalue weighted by atomic mass is 16.5. The van der Waals surface area contributed by atoms with Crippen molar-refractivity contribution in [1.82, 2.24) is 4.90 Å². The molecule has 1 atom stereocenters. The normalized spacial score (nSPS) is 12.9. The first-order chi connectivity index (χ1) is 6.57. The van der Waals surface area contributed by atoms with E-state index in [0.29, 0.717) is 0 Å². The van der Waals surface area contributed by atoms with Crippen LogP contribution in [0.1, 0.15) is 32.6 Å². The van der Waals surface area contributed by atoms with Gasteiger partial charge in [-0.15, -0.1) is 0 Å². The van der Waals surface area contributed by atoms with E-state index >= 15 is 0 Å². The maximum Gasteiger partial charge on any atom is 0.308 e. The van der Waals surface area contributed by atoms with Gasteiger partial charge in [-0.25, -0.2) is 0 Å². The molecule has 0 aliphatic rings. The lowest BCUT2D eigenvalue weighted by Gasteiger charge is -2.10. The van der Waals surface area contributed by atoms with Crippen LogP contribution in [0.15, 0.2) is 0 Å². The van der Waals surface area contributed by atoms with Crippen LogP contribution in [0.4, 0.5) is 0 Å². The van der Waals surface area contributed by atoms with Crippen LogP contribution < -0.4 is 0 Å². The number of carbonyl (C=O) groups is 1. The van der Waals surface area contributed by atoms with Crippen LogP contribution in [0.25, 0.3) is 0 Å². The Morgan fingerprint density at radius 2 is 1.93 bits per heavy atom. The number of nitrogens with zero attached hydrogens (tertiary/aromatic N) is 1. The topological polar surface area (TPSA) is 29.5 Å². The van der Waals surface area contributed by atoms with Crippen LogP contribution in [0, 0.1) is 5.92 Å². The Morgan fingerprint density at radius 1 is 1.29 bits per heavy atom. The third-order valence-electron chi connectivity index (χ3n) is 2.35. The molecule has 14 heavy (non-hydrogen) atoms. The second kappa shape index (κ2) is 7.80. The summed E-state index contributed by atoms with van der Waals surface area (Å²) in [5.41, 5.74) is 0. The molecule has 0 radical (unpaired) electrons. The summed E-state index contributed by atoms with van der Waals surface area (Å²) in [6, 6.07) is 0. The van der Waals surface area contributed by atoms with Crippen molar-refractivity contribution in [3.8, 4) is 0 Å². The van der Waals surface area contributed by atoms with E-state index in [0.717, 1.165) is 19.4 Å². The highest BCUT2D eigenvalue weighted by Gasteiger charge is 2.11. The molecule has 84 valence electrons. The van der Waals surface area contributed by atoms with Crippen molar-refractivity contribution < 1.29 is 9.53 Å². The second-order valence-electron chi connectivity index (χ2n) is 4.08. The van der Waals surface area contributed by atoms with Crippen molar-refractivity contribution >= 4 is 5.97 Å². The Bertz CT molecular complexity index is 157. The third-order valence-corrected chi connectivity index (χ3v) is 2.35. The van der Waals surface area contributed by atoms with Crippen molar-refractivity contribution in [3.63, 3.8) is 0 Å². The number of methoxy groups -OCH3 is 1. The maximum atomic E-state index is 11.1. The summed E-state index contributed by atoms with van der Waals surface area (Å²) in [6.45, 7) is 3.06. The minimum absolute atomic E-state index is 0.0550. The van der Waals surface area contributed by atoms with Gasteiger partial charge in [-0.05, 0) is 33.5 Å². The lowest BCUT2D eigenvalue weighted by atomic mass is 10.0. The summed E-state index contributed by atoms with van der Waals surface area (Å²) in [6.07, 6.45) is 4.46. The summed E-state index contributed by atoms with van der Waals surface area (Å²) < 4.78 is 4.66. The van der Waals surface area contributed by atoms with Gasteiger partial charge < -0.3 is 9.64 Å². The zero-order valence-corrected chi connectivity index (χ0v) is 9.88. The number of rotatable bonds is 7. The molecular weight excluding hydrogens is 178 g/mol. The molecule has 3 heteroatoms. The summed E-state index contributed by atoms with van der Waals surface area (Å²) in [7, 11) is 5.61. The van der Waals surface area contributed by atoms with Gasteiger partial charge in [-0.2, -0.15) is 0 Å². The van der Waals surface area contributed by atoms with Crippen LogP contribution in [0.2, 0.25) is 0 Å². The molecule has 0 aromatic carbocycles. The smallest absolute Gasteiger partial charge is 0.308 e. The molecule has 0 aromatic heterocycles. The zero-order valence-electron chi connectivity index (χ0n) is 9.88. The third kappa shape index (κ3) is 6.89. The van der Waals surface area contributed by atoms with E-state index in [-0.39, 0.29) is 11.9 Å². The molecule has 0 bridgehead atoms. The summed E-state index contributed by atoms with van der Waals surface area (Å²) >= 11 is 0. The van der Waals surface area contributed by atoms with Gasteiger partial charge in [0.2, 0.25) is 0 Å². The SMILES string of the molecule is COC(=O)[C@H](C)CCCCCN(C)C. The van der Waals surface area contributed by atoms with Crippen molar-refractivity contribution in [2.24, 2.45) is 5.92 Å². The highest BCUT2D eigenvalue weighted by molar-refractivity contribution is 5.71. The molecule has 0 amide bonds. The Morgan fingerprint density at radius 3 is 2.43 bits per heavy atom. The van der Waals surface area contributed by atoms with Crippen LogP contribution in [0.3, 0.4) is 0 Å². The Labute approximate surface area is 87.4 Å². The number of hydrogen-bond acceptors (Lipinski definition) is 3. The Balaban J connectivity index is 3.31. The number of ether oxygens (including phenoxy) is 1. The van der Waals surface area contributed by atoms with Gasteiger partial charge in [0.1, 0.15) is 0 Å². The Kier molecular flexibility index (Phi) is 7.48. The van der Waals surface area contributed by atoms with E-state index in [1.807, 2.05) is 6.92 Å². The van der Waals surface area contributed by atoms with Crippen LogP contribution in [0.5, 0.6) is 0 Å². The predicted molar refractivity (Wildman–Crippen MR) is 58.2 cm³/mol. The van der Waals surface area contributed by atoms with Crippen molar-refractivity contribution in [2.75, 3.05) is 27.7 Å². The van der Waals surface area contributed by atoms with Crippen molar-refractivity contribution in [1.29, 1.82) is 0 Å². The molecule has 0 N–H and O–H groups in total. The number of esters is 1. The van der Waals surface area contributed by atoms with Gasteiger partial charge in [-0.3, -0.25) is 4.79 Å². The molecule has 0 spiro atoms. The first kappa shape index (κ1) is 13.4. The fraction of sp³-hybridized carbons (Fsp3) is 0.909. The van der Waals surface area contributed by atoms with E-state index in [9.17, 15) is 4.79 Å². The minimum atomic E-state index is -0.0855. The molecule has 0 unspecified atom stereocenters. The largest absolute Gasteiger partial charge is 0.469 e. The maximum absolute atomic E-state index is 11.1. The second-order valence-corrected chi connectivity index (χ2v) is 4.08. The monoisotopic (exact) mass is 201 g/mol. The van der Waals surface area contributed by atoms with Crippen LogP contribution in [-0.2, 0) is 9.53 Å². The summed E-state index contributed by atoms with van der Waals surface area (Å²) in [4.78, 5) is 13.2. The van der Waals surface area contributed by atoms with Crippen LogP contribution >= 0.6 is 0 Å². The lowest BCUT2D eigenvalue weighted by Crippen LogP contribution is -2.14. The first-order valence-corrected chi connectivity index (χ1v) is 5.30. The lowest BCUT2D eigenvalue weighted by molar-refractivity contribution is -0.145. The van der Waals surface area contributed by atoms with Gasteiger partial charge in [0.25, 0.3) is 0 Å². The molecule has 0 rings (SSSR count). The van der Waals surface area contributed by atoms with Gasteiger partial charge >= 0.3 is 5.97 Å².